The van der Waals surface area contributed by atoms with E-state index in [4.69, 9.17) is 5.73 Å². The van der Waals surface area contributed by atoms with Gasteiger partial charge in [-0.1, -0.05) is 12.1 Å². The van der Waals surface area contributed by atoms with E-state index in [1.165, 1.54) is 6.07 Å². The fraction of sp³-hybridized carbons (Fsp3) is 0.400. The zero-order valence-corrected chi connectivity index (χ0v) is 10.2. The Morgan fingerprint density at radius 1 is 1.22 bits per heavy atom. The zero-order chi connectivity index (χ0) is 13.8. The van der Waals surface area contributed by atoms with E-state index in [1.807, 2.05) is 0 Å². The van der Waals surface area contributed by atoms with Crippen molar-refractivity contribution in [3.63, 3.8) is 0 Å². The molecular weight excluding hydrogens is 269 g/mol. The van der Waals surface area contributed by atoms with E-state index in [2.05, 4.69) is 4.72 Å². The molecule has 0 saturated carbocycles. The number of hydrogen-bond acceptors (Lipinski definition) is 3. The molecule has 0 aliphatic carbocycles. The summed E-state index contributed by atoms with van der Waals surface area (Å²) < 4.78 is 63.5. The van der Waals surface area contributed by atoms with Gasteiger partial charge in [0, 0.05) is 6.54 Å². The third kappa shape index (κ3) is 3.69. The van der Waals surface area contributed by atoms with Crippen molar-refractivity contribution >= 4 is 10.0 Å². The Hall–Kier alpha value is -1.12. The first-order valence-electron chi connectivity index (χ1n) is 5.15. The number of halogens is 3. The van der Waals surface area contributed by atoms with Gasteiger partial charge in [-0.3, -0.25) is 0 Å². The van der Waals surface area contributed by atoms with Crippen LogP contribution in [0.15, 0.2) is 29.2 Å². The van der Waals surface area contributed by atoms with E-state index < -0.39 is 26.7 Å². The van der Waals surface area contributed by atoms with Crippen LogP contribution in [-0.4, -0.2) is 21.5 Å². The van der Waals surface area contributed by atoms with Gasteiger partial charge in [-0.05, 0) is 25.1 Å². The van der Waals surface area contributed by atoms with Gasteiger partial charge in [-0.2, -0.15) is 13.2 Å². The third-order valence-corrected chi connectivity index (χ3v) is 3.67. The summed E-state index contributed by atoms with van der Waals surface area (Å²) in [5, 5.41) is 0. The van der Waals surface area contributed by atoms with Gasteiger partial charge in [-0.15, -0.1) is 0 Å². The molecule has 0 aliphatic rings. The maximum Gasteiger partial charge on any atom is 0.417 e. The summed E-state index contributed by atoms with van der Waals surface area (Å²) in [7, 11) is -4.17. The molecule has 0 spiro atoms. The smallest absolute Gasteiger partial charge is 0.330 e. The molecule has 0 heterocycles. The molecular formula is C10H13F3N2O2S. The highest BCUT2D eigenvalue weighted by atomic mass is 32.2. The minimum atomic E-state index is -4.71. The van der Waals surface area contributed by atoms with Crippen molar-refractivity contribution < 1.29 is 21.6 Å². The molecule has 0 aromatic heterocycles. The van der Waals surface area contributed by atoms with Crippen molar-refractivity contribution in [2.45, 2.75) is 17.5 Å². The largest absolute Gasteiger partial charge is 0.417 e. The van der Waals surface area contributed by atoms with Gasteiger partial charge in [0.2, 0.25) is 10.0 Å². The number of benzene rings is 1. The van der Waals surface area contributed by atoms with Crippen molar-refractivity contribution in [2.75, 3.05) is 13.1 Å². The highest BCUT2D eigenvalue weighted by Crippen LogP contribution is 2.33. The second-order valence-corrected chi connectivity index (χ2v) is 5.27. The lowest BCUT2D eigenvalue weighted by atomic mass is 10.2. The first-order valence-corrected chi connectivity index (χ1v) is 6.63. The van der Waals surface area contributed by atoms with Gasteiger partial charge < -0.3 is 5.73 Å². The second kappa shape index (κ2) is 5.68. The Bertz CT molecular complexity index is 500. The molecule has 1 aromatic carbocycles. The standard InChI is InChI=1S/C10H13F3N2O2S/c11-10(12,13)8-4-1-2-5-9(8)18(16,17)15-7-3-6-14/h1-2,4-5,15H,3,6-7,14H2. The van der Waals surface area contributed by atoms with Crippen molar-refractivity contribution in [2.24, 2.45) is 5.73 Å². The van der Waals surface area contributed by atoms with Gasteiger partial charge in [0.1, 0.15) is 0 Å². The van der Waals surface area contributed by atoms with Crippen LogP contribution in [0.2, 0.25) is 0 Å². The molecule has 0 bridgehead atoms. The highest BCUT2D eigenvalue weighted by Gasteiger charge is 2.36. The van der Waals surface area contributed by atoms with E-state index in [1.54, 1.807) is 0 Å². The Labute approximate surface area is 103 Å². The molecule has 0 fully saturated rings. The van der Waals surface area contributed by atoms with E-state index in [9.17, 15) is 21.6 Å². The molecule has 0 aliphatic heterocycles. The molecule has 18 heavy (non-hydrogen) atoms. The van der Waals surface area contributed by atoms with E-state index >= 15 is 0 Å². The third-order valence-electron chi connectivity index (χ3n) is 2.15. The van der Waals surface area contributed by atoms with Crippen molar-refractivity contribution in [3.8, 4) is 0 Å². The number of nitrogens with one attached hydrogen (secondary N) is 1. The predicted octanol–water partition coefficient (Wildman–Crippen LogP) is 1.33. The number of alkyl halides is 3. The number of sulfonamides is 1. The highest BCUT2D eigenvalue weighted by molar-refractivity contribution is 7.89. The Balaban J connectivity index is 3.09. The van der Waals surface area contributed by atoms with Crippen LogP contribution in [-0.2, 0) is 16.2 Å². The second-order valence-electron chi connectivity index (χ2n) is 3.53. The molecule has 0 atom stereocenters. The minimum absolute atomic E-state index is 0.00498. The van der Waals surface area contributed by atoms with Crippen LogP contribution in [0.25, 0.3) is 0 Å². The topological polar surface area (TPSA) is 72.2 Å². The summed E-state index contributed by atoms with van der Waals surface area (Å²) in [6.45, 7) is 0.258. The Morgan fingerprint density at radius 3 is 2.39 bits per heavy atom. The van der Waals surface area contributed by atoms with E-state index in [-0.39, 0.29) is 13.1 Å². The summed E-state index contributed by atoms with van der Waals surface area (Å²) >= 11 is 0. The fourth-order valence-corrected chi connectivity index (χ4v) is 2.62. The molecule has 0 saturated heterocycles. The molecule has 4 nitrogen and oxygen atoms in total. The summed E-state index contributed by atoms with van der Waals surface area (Å²) in [6, 6.07) is 4.04. The fourth-order valence-electron chi connectivity index (χ4n) is 1.32. The zero-order valence-electron chi connectivity index (χ0n) is 9.37. The van der Waals surface area contributed by atoms with Crippen LogP contribution < -0.4 is 10.5 Å². The lowest BCUT2D eigenvalue weighted by Crippen LogP contribution is -2.28. The Kier molecular flexibility index (Phi) is 4.71. The molecule has 8 heteroatoms. The maximum atomic E-state index is 12.7. The summed E-state index contributed by atoms with van der Waals surface area (Å²) in [5.74, 6) is 0. The van der Waals surface area contributed by atoms with Crippen molar-refractivity contribution in [1.82, 2.24) is 4.72 Å². The molecule has 3 N–H and O–H groups in total. The quantitative estimate of drug-likeness (QED) is 0.800. The number of rotatable bonds is 5. The minimum Gasteiger partial charge on any atom is -0.330 e. The van der Waals surface area contributed by atoms with Crippen molar-refractivity contribution in [3.05, 3.63) is 29.8 Å². The van der Waals surface area contributed by atoms with Crippen LogP contribution in [0.3, 0.4) is 0 Å². The summed E-state index contributed by atoms with van der Waals surface area (Å²) in [5.41, 5.74) is 4.01. The van der Waals surface area contributed by atoms with Gasteiger partial charge in [0.05, 0.1) is 10.5 Å². The maximum absolute atomic E-state index is 12.7. The van der Waals surface area contributed by atoms with Crippen LogP contribution in [0.1, 0.15) is 12.0 Å². The van der Waals surface area contributed by atoms with Crippen LogP contribution >= 0.6 is 0 Å². The number of hydrogen-bond donors (Lipinski definition) is 2. The average Bonchev–Trinajstić information content (AvgIpc) is 2.28. The summed E-state index contributed by atoms with van der Waals surface area (Å²) in [4.78, 5) is -0.769. The van der Waals surface area contributed by atoms with Crippen LogP contribution in [0, 0.1) is 0 Å². The average molecular weight is 282 g/mol. The molecule has 0 unspecified atom stereocenters. The predicted molar refractivity (Wildman–Crippen MR) is 60.3 cm³/mol. The van der Waals surface area contributed by atoms with Crippen LogP contribution in [0.4, 0.5) is 13.2 Å². The summed E-state index contributed by atoms with van der Waals surface area (Å²) in [6.07, 6.45) is -4.35. The van der Waals surface area contributed by atoms with E-state index in [0.29, 0.717) is 6.42 Å². The van der Waals surface area contributed by atoms with Gasteiger partial charge in [-0.25, -0.2) is 13.1 Å². The SMILES string of the molecule is NCCCNS(=O)(=O)c1ccccc1C(F)(F)F. The monoisotopic (exact) mass is 282 g/mol. The van der Waals surface area contributed by atoms with Gasteiger partial charge >= 0.3 is 6.18 Å². The molecule has 1 rings (SSSR count). The number of nitrogens with two attached hydrogens (primary N) is 1. The Morgan fingerprint density at radius 2 is 1.83 bits per heavy atom. The van der Waals surface area contributed by atoms with E-state index in [0.717, 1.165) is 18.2 Å². The van der Waals surface area contributed by atoms with Crippen LogP contribution in [0.5, 0.6) is 0 Å². The van der Waals surface area contributed by atoms with Gasteiger partial charge in [0.25, 0.3) is 0 Å². The lowest BCUT2D eigenvalue weighted by Gasteiger charge is -2.13. The molecule has 0 radical (unpaired) electrons. The first kappa shape index (κ1) is 14.9. The molecule has 0 amide bonds. The molecule has 102 valence electrons. The van der Waals surface area contributed by atoms with Crippen molar-refractivity contribution in [1.29, 1.82) is 0 Å². The normalized spacial score (nSPS) is 12.7. The lowest BCUT2D eigenvalue weighted by molar-refractivity contribution is -0.139. The first-order chi connectivity index (χ1) is 8.29. The van der Waals surface area contributed by atoms with Gasteiger partial charge in [0.15, 0.2) is 0 Å². The molecule has 1 aromatic rings.